The van der Waals surface area contributed by atoms with E-state index in [-0.39, 0.29) is 0 Å². The summed E-state index contributed by atoms with van der Waals surface area (Å²) in [5, 5.41) is 9.23. The lowest BCUT2D eigenvalue weighted by Crippen LogP contribution is -2.08. The molecular formula is C21H17N5O3S. The molecular weight excluding hydrogens is 402 g/mol. The molecule has 2 aromatic heterocycles. The lowest BCUT2D eigenvalue weighted by molar-refractivity contribution is 0.454. The monoisotopic (exact) mass is 419 g/mol. The summed E-state index contributed by atoms with van der Waals surface area (Å²) in [6.07, 6.45) is 6.57. The Morgan fingerprint density at radius 1 is 0.933 bits per heavy atom. The fraction of sp³-hybridized carbons (Fsp3) is 0. The molecule has 8 nitrogen and oxygen atoms in total. The molecule has 0 aliphatic rings. The fourth-order valence-electron chi connectivity index (χ4n) is 2.54. The average molecular weight is 419 g/mol. The van der Waals surface area contributed by atoms with Crippen molar-refractivity contribution >= 4 is 21.8 Å². The third-order valence-electron chi connectivity index (χ3n) is 3.97. The highest BCUT2D eigenvalue weighted by atomic mass is 32.2. The lowest BCUT2D eigenvalue weighted by atomic mass is 10.2. The quantitative estimate of drug-likeness (QED) is 0.488. The minimum atomic E-state index is -3.63. The van der Waals surface area contributed by atoms with Gasteiger partial charge in [-0.3, -0.25) is 9.29 Å². The Kier molecular flexibility index (Phi) is 5.53. The first-order valence-electron chi connectivity index (χ1n) is 8.93. The van der Waals surface area contributed by atoms with E-state index in [4.69, 9.17) is 4.74 Å². The van der Waals surface area contributed by atoms with Crippen molar-refractivity contribution in [3.8, 4) is 17.4 Å². The molecule has 0 radical (unpaired) electrons. The summed E-state index contributed by atoms with van der Waals surface area (Å²) >= 11 is 0. The van der Waals surface area contributed by atoms with Crippen LogP contribution >= 0.6 is 0 Å². The van der Waals surface area contributed by atoms with E-state index in [2.05, 4.69) is 19.9 Å². The fourth-order valence-corrected chi connectivity index (χ4v) is 3.41. The number of hydrogen-bond donors (Lipinski definition) is 1. The summed E-state index contributed by atoms with van der Waals surface area (Å²) in [6, 6.07) is 19.1. The van der Waals surface area contributed by atoms with E-state index < -0.39 is 10.0 Å². The molecule has 1 N–H and O–H groups in total. The van der Waals surface area contributed by atoms with Crippen molar-refractivity contribution in [2.45, 2.75) is 0 Å². The van der Waals surface area contributed by atoms with Crippen LogP contribution in [0.2, 0.25) is 0 Å². The van der Waals surface area contributed by atoms with Crippen molar-refractivity contribution in [3.05, 3.63) is 96.4 Å². The molecule has 0 spiro atoms. The largest absolute Gasteiger partial charge is 0.438 e. The number of imidazole rings is 1. The first kappa shape index (κ1) is 19.3. The van der Waals surface area contributed by atoms with E-state index in [1.165, 1.54) is 6.08 Å². The molecule has 0 fully saturated rings. The van der Waals surface area contributed by atoms with Crippen molar-refractivity contribution in [2.24, 2.45) is 0 Å². The van der Waals surface area contributed by atoms with Crippen LogP contribution in [0.15, 0.2) is 90.9 Å². The van der Waals surface area contributed by atoms with Gasteiger partial charge in [0.05, 0.1) is 5.41 Å². The number of nitrogens with zero attached hydrogens (tertiary/aromatic N) is 4. The van der Waals surface area contributed by atoms with Crippen molar-refractivity contribution in [1.82, 2.24) is 19.7 Å². The third kappa shape index (κ3) is 5.09. The average Bonchev–Trinajstić information content (AvgIpc) is 3.30. The number of aromatic nitrogens is 4. The predicted molar refractivity (Wildman–Crippen MR) is 114 cm³/mol. The Morgan fingerprint density at radius 2 is 1.73 bits per heavy atom. The number of ether oxygens (including phenoxy) is 1. The van der Waals surface area contributed by atoms with E-state index in [1.54, 1.807) is 59.7 Å². The van der Waals surface area contributed by atoms with Gasteiger partial charge in [-0.2, -0.15) is 0 Å². The lowest BCUT2D eigenvalue weighted by Gasteiger charge is -2.07. The van der Waals surface area contributed by atoms with Crippen LogP contribution in [-0.2, 0) is 10.0 Å². The number of anilines is 1. The van der Waals surface area contributed by atoms with Gasteiger partial charge in [0.25, 0.3) is 10.0 Å². The molecule has 0 aliphatic carbocycles. The Morgan fingerprint density at radius 3 is 2.40 bits per heavy atom. The second kappa shape index (κ2) is 8.58. The van der Waals surface area contributed by atoms with E-state index >= 15 is 0 Å². The summed E-state index contributed by atoms with van der Waals surface area (Å²) < 4.78 is 34.3. The molecule has 4 rings (SSSR count). The van der Waals surface area contributed by atoms with Gasteiger partial charge in [0.15, 0.2) is 5.82 Å². The maximum absolute atomic E-state index is 12.2. The second-order valence-electron chi connectivity index (χ2n) is 6.19. The van der Waals surface area contributed by atoms with Crippen LogP contribution in [0.4, 0.5) is 5.69 Å². The Bertz CT molecular complexity index is 1220. The smallest absolute Gasteiger partial charge is 0.255 e. The third-order valence-corrected chi connectivity index (χ3v) is 4.99. The Labute approximate surface area is 173 Å². The van der Waals surface area contributed by atoms with Crippen LogP contribution < -0.4 is 9.46 Å². The van der Waals surface area contributed by atoms with Crippen LogP contribution in [0.5, 0.6) is 11.6 Å². The maximum atomic E-state index is 12.2. The normalized spacial score (nSPS) is 11.5. The zero-order valence-corrected chi connectivity index (χ0v) is 16.5. The molecule has 4 aromatic rings. The Hall–Kier alpha value is -3.98. The molecule has 9 heteroatoms. The SMILES string of the molecule is O=S(=O)(/C=C/c1ccccc1)Nc1ccc(Oc2ccc(-n3ccnc3)nn2)cc1. The van der Waals surface area contributed by atoms with Crippen molar-refractivity contribution in [2.75, 3.05) is 4.72 Å². The Balaban J connectivity index is 1.38. The molecule has 2 heterocycles. The molecule has 0 unspecified atom stereocenters. The standard InChI is InChI=1S/C21H17N5O3S/c27-30(28,15-12-17-4-2-1-3-5-17)25-18-6-8-19(9-7-18)29-21-11-10-20(23-24-21)26-14-13-22-16-26/h1-16,25H/b15-12+. The summed E-state index contributed by atoms with van der Waals surface area (Å²) in [5.41, 5.74) is 1.22. The summed E-state index contributed by atoms with van der Waals surface area (Å²) in [6.45, 7) is 0. The van der Waals surface area contributed by atoms with Crippen molar-refractivity contribution in [1.29, 1.82) is 0 Å². The van der Waals surface area contributed by atoms with Gasteiger partial charge in [0.1, 0.15) is 12.1 Å². The van der Waals surface area contributed by atoms with Crippen LogP contribution in [0.25, 0.3) is 11.9 Å². The van der Waals surface area contributed by atoms with Gasteiger partial charge in [0, 0.05) is 24.1 Å². The second-order valence-corrected chi connectivity index (χ2v) is 7.75. The highest BCUT2D eigenvalue weighted by molar-refractivity contribution is 7.95. The minimum absolute atomic E-state index is 0.318. The molecule has 2 aromatic carbocycles. The highest BCUT2D eigenvalue weighted by Crippen LogP contribution is 2.22. The van der Waals surface area contributed by atoms with Gasteiger partial charge in [-0.1, -0.05) is 30.3 Å². The summed E-state index contributed by atoms with van der Waals surface area (Å²) in [5.74, 6) is 1.44. The summed E-state index contributed by atoms with van der Waals surface area (Å²) in [4.78, 5) is 3.96. The number of hydrogen-bond acceptors (Lipinski definition) is 6. The molecule has 150 valence electrons. The number of rotatable bonds is 7. The topological polar surface area (TPSA) is 99.0 Å². The highest BCUT2D eigenvalue weighted by Gasteiger charge is 2.07. The van der Waals surface area contributed by atoms with E-state index in [0.29, 0.717) is 23.1 Å². The van der Waals surface area contributed by atoms with Gasteiger partial charge in [-0.15, -0.1) is 10.2 Å². The van der Waals surface area contributed by atoms with Crippen molar-refractivity contribution in [3.63, 3.8) is 0 Å². The molecule has 0 saturated heterocycles. The molecule has 0 aliphatic heterocycles. The molecule has 0 bridgehead atoms. The number of sulfonamides is 1. The zero-order valence-electron chi connectivity index (χ0n) is 15.7. The number of benzene rings is 2. The maximum Gasteiger partial charge on any atom is 0.255 e. The van der Waals surface area contributed by atoms with Crippen molar-refractivity contribution < 1.29 is 13.2 Å². The van der Waals surface area contributed by atoms with Gasteiger partial charge in [0.2, 0.25) is 5.88 Å². The molecule has 0 amide bonds. The van der Waals surface area contributed by atoms with E-state index in [9.17, 15) is 8.42 Å². The van der Waals surface area contributed by atoms with Crippen LogP contribution in [0.3, 0.4) is 0 Å². The summed E-state index contributed by atoms with van der Waals surface area (Å²) in [7, 11) is -3.63. The van der Waals surface area contributed by atoms with E-state index in [0.717, 1.165) is 11.0 Å². The van der Waals surface area contributed by atoms with Gasteiger partial charge in [-0.05, 0) is 42.0 Å². The van der Waals surface area contributed by atoms with Crippen LogP contribution in [0.1, 0.15) is 5.56 Å². The number of nitrogens with one attached hydrogen (secondary N) is 1. The minimum Gasteiger partial charge on any atom is -0.438 e. The first-order chi connectivity index (χ1) is 14.6. The zero-order chi connectivity index (χ0) is 20.8. The van der Waals surface area contributed by atoms with Crippen LogP contribution in [0, 0.1) is 0 Å². The van der Waals surface area contributed by atoms with E-state index in [1.807, 2.05) is 30.3 Å². The first-order valence-corrected chi connectivity index (χ1v) is 10.5. The molecule has 0 atom stereocenters. The molecule has 0 saturated carbocycles. The van der Waals surface area contributed by atoms with Gasteiger partial charge < -0.3 is 4.74 Å². The molecule has 30 heavy (non-hydrogen) atoms. The van der Waals surface area contributed by atoms with Crippen LogP contribution in [-0.4, -0.2) is 28.2 Å². The van der Waals surface area contributed by atoms with Gasteiger partial charge in [-0.25, -0.2) is 13.4 Å². The predicted octanol–water partition coefficient (Wildman–Crippen LogP) is 3.87. The van der Waals surface area contributed by atoms with Gasteiger partial charge >= 0.3 is 0 Å².